The Bertz CT molecular complexity index is 781. The summed E-state index contributed by atoms with van der Waals surface area (Å²) in [5.74, 6) is 1.38. The van der Waals surface area contributed by atoms with Gasteiger partial charge in [-0.1, -0.05) is 11.2 Å². The van der Waals surface area contributed by atoms with E-state index < -0.39 is 0 Å². The van der Waals surface area contributed by atoms with Crippen LogP contribution in [0.4, 0.5) is 0 Å². The largest absolute Gasteiger partial charge is 0.497 e. The molecule has 8 heteroatoms. The molecule has 0 aliphatic carbocycles. The van der Waals surface area contributed by atoms with Crippen LogP contribution < -0.4 is 10.1 Å². The minimum atomic E-state index is -0.117. The number of methoxy groups -OCH3 is 1. The molecule has 0 spiro atoms. The second-order valence-corrected chi connectivity index (χ2v) is 6.25. The van der Waals surface area contributed by atoms with Crippen LogP contribution >= 0.6 is 0 Å². The van der Waals surface area contributed by atoms with Gasteiger partial charge in [0.05, 0.1) is 13.7 Å². The van der Waals surface area contributed by atoms with Crippen LogP contribution in [0.25, 0.3) is 0 Å². The molecular formula is C18H22N4O4. The number of rotatable bonds is 5. The highest BCUT2D eigenvalue weighted by molar-refractivity contribution is 5.94. The van der Waals surface area contributed by atoms with Crippen LogP contribution in [0.3, 0.4) is 0 Å². The Hall–Kier alpha value is -2.90. The van der Waals surface area contributed by atoms with Gasteiger partial charge < -0.3 is 19.5 Å². The quantitative estimate of drug-likeness (QED) is 0.871. The number of carbonyl (C=O) groups excluding carboxylic acids is 2. The lowest BCUT2D eigenvalue weighted by Gasteiger charge is -2.31. The van der Waals surface area contributed by atoms with Crippen molar-refractivity contribution in [2.75, 3.05) is 20.2 Å². The summed E-state index contributed by atoms with van der Waals surface area (Å²) >= 11 is 0. The van der Waals surface area contributed by atoms with E-state index in [0.717, 1.165) is 0 Å². The van der Waals surface area contributed by atoms with Crippen LogP contribution in [0, 0.1) is 12.8 Å². The molecule has 1 N–H and O–H groups in total. The zero-order valence-electron chi connectivity index (χ0n) is 14.9. The van der Waals surface area contributed by atoms with Gasteiger partial charge in [0.15, 0.2) is 5.82 Å². The summed E-state index contributed by atoms with van der Waals surface area (Å²) in [7, 11) is 1.57. The first kappa shape index (κ1) is 17.9. The Morgan fingerprint density at radius 1 is 1.35 bits per heavy atom. The van der Waals surface area contributed by atoms with Crippen molar-refractivity contribution in [1.29, 1.82) is 0 Å². The second-order valence-electron chi connectivity index (χ2n) is 6.25. The predicted molar refractivity (Wildman–Crippen MR) is 92.5 cm³/mol. The van der Waals surface area contributed by atoms with Crippen LogP contribution in [-0.4, -0.2) is 47.1 Å². The SMILES string of the molecule is COc1cccc(C(=O)N2CCC(C(=O)NCc3nc(C)no3)CC2)c1. The van der Waals surface area contributed by atoms with Crippen molar-refractivity contribution < 1.29 is 18.8 Å². The standard InChI is InChI=1S/C18H22N4O4/c1-12-20-16(26-21-12)11-19-17(23)13-6-8-22(9-7-13)18(24)14-4-3-5-15(10-14)25-2/h3-5,10,13H,6-9,11H2,1-2H3,(H,19,23). The van der Waals surface area contributed by atoms with Crippen molar-refractivity contribution in [3.8, 4) is 5.75 Å². The Balaban J connectivity index is 1.50. The molecule has 1 aliphatic rings. The van der Waals surface area contributed by atoms with Gasteiger partial charge in [-0.05, 0) is 38.0 Å². The van der Waals surface area contributed by atoms with Crippen LogP contribution in [0.2, 0.25) is 0 Å². The first-order valence-electron chi connectivity index (χ1n) is 8.57. The highest BCUT2D eigenvalue weighted by Gasteiger charge is 2.28. The molecule has 3 rings (SSSR count). The fourth-order valence-electron chi connectivity index (χ4n) is 3.00. The van der Waals surface area contributed by atoms with Gasteiger partial charge in [0.1, 0.15) is 5.75 Å². The van der Waals surface area contributed by atoms with Gasteiger partial charge in [-0.25, -0.2) is 0 Å². The van der Waals surface area contributed by atoms with E-state index in [1.54, 1.807) is 43.2 Å². The Kier molecular flexibility index (Phi) is 5.50. The first-order chi connectivity index (χ1) is 12.6. The molecule has 0 bridgehead atoms. The maximum atomic E-state index is 12.6. The molecule has 8 nitrogen and oxygen atoms in total. The molecule has 2 aromatic rings. The number of carbonyl (C=O) groups is 2. The molecular weight excluding hydrogens is 336 g/mol. The highest BCUT2D eigenvalue weighted by Crippen LogP contribution is 2.21. The highest BCUT2D eigenvalue weighted by atomic mass is 16.5. The number of hydrogen-bond donors (Lipinski definition) is 1. The van der Waals surface area contributed by atoms with E-state index in [-0.39, 0.29) is 24.3 Å². The van der Waals surface area contributed by atoms with Gasteiger partial charge in [0.25, 0.3) is 5.91 Å². The van der Waals surface area contributed by atoms with Gasteiger partial charge in [0, 0.05) is 24.6 Å². The number of aromatic nitrogens is 2. The number of piperidine rings is 1. The van der Waals surface area contributed by atoms with Gasteiger partial charge in [-0.2, -0.15) is 4.98 Å². The monoisotopic (exact) mass is 358 g/mol. The van der Waals surface area contributed by atoms with E-state index in [2.05, 4.69) is 15.5 Å². The minimum Gasteiger partial charge on any atom is -0.497 e. The lowest BCUT2D eigenvalue weighted by atomic mass is 9.95. The number of aryl methyl sites for hydroxylation is 1. The first-order valence-corrected chi connectivity index (χ1v) is 8.57. The van der Waals surface area contributed by atoms with Crippen LogP contribution in [-0.2, 0) is 11.3 Å². The van der Waals surface area contributed by atoms with Crippen LogP contribution in [0.5, 0.6) is 5.75 Å². The molecule has 1 aromatic heterocycles. The zero-order valence-corrected chi connectivity index (χ0v) is 14.9. The molecule has 1 aromatic carbocycles. The third-order valence-corrected chi connectivity index (χ3v) is 4.45. The summed E-state index contributed by atoms with van der Waals surface area (Å²) in [4.78, 5) is 30.7. The molecule has 0 saturated carbocycles. The molecule has 0 unspecified atom stereocenters. The predicted octanol–water partition coefficient (Wildman–Crippen LogP) is 1.56. The summed E-state index contributed by atoms with van der Waals surface area (Å²) in [6.07, 6.45) is 1.26. The maximum Gasteiger partial charge on any atom is 0.253 e. The number of nitrogens with zero attached hydrogens (tertiary/aromatic N) is 3. The minimum absolute atomic E-state index is 0.0379. The van der Waals surface area contributed by atoms with Crippen molar-refractivity contribution in [2.24, 2.45) is 5.92 Å². The van der Waals surface area contributed by atoms with Gasteiger partial charge in [-0.15, -0.1) is 0 Å². The van der Waals surface area contributed by atoms with E-state index in [9.17, 15) is 9.59 Å². The van der Waals surface area contributed by atoms with Crippen molar-refractivity contribution in [3.63, 3.8) is 0 Å². The van der Waals surface area contributed by atoms with Crippen LogP contribution in [0.15, 0.2) is 28.8 Å². The average molecular weight is 358 g/mol. The Labute approximate surface area is 151 Å². The number of amides is 2. The third kappa shape index (κ3) is 4.19. The fourth-order valence-corrected chi connectivity index (χ4v) is 3.00. The number of nitrogens with one attached hydrogen (secondary N) is 1. The number of likely N-dealkylation sites (tertiary alicyclic amines) is 1. The van der Waals surface area contributed by atoms with Gasteiger partial charge in [-0.3, -0.25) is 9.59 Å². The van der Waals surface area contributed by atoms with E-state index in [4.69, 9.17) is 9.26 Å². The lowest BCUT2D eigenvalue weighted by Crippen LogP contribution is -2.42. The van der Waals surface area contributed by atoms with E-state index in [0.29, 0.717) is 49.0 Å². The molecule has 2 heterocycles. The van der Waals surface area contributed by atoms with Crippen molar-refractivity contribution in [3.05, 3.63) is 41.5 Å². The number of hydrogen-bond acceptors (Lipinski definition) is 6. The summed E-state index contributed by atoms with van der Waals surface area (Å²) in [6.45, 7) is 3.05. The molecule has 1 saturated heterocycles. The molecule has 138 valence electrons. The lowest BCUT2D eigenvalue weighted by molar-refractivity contribution is -0.126. The maximum absolute atomic E-state index is 12.6. The summed E-state index contributed by atoms with van der Waals surface area (Å²) in [5.41, 5.74) is 0.596. The number of benzene rings is 1. The molecule has 0 radical (unpaired) electrons. The molecule has 0 atom stereocenters. The smallest absolute Gasteiger partial charge is 0.253 e. The zero-order chi connectivity index (χ0) is 18.5. The van der Waals surface area contributed by atoms with E-state index in [1.807, 2.05) is 0 Å². The average Bonchev–Trinajstić information content (AvgIpc) is 3.11. The summed E-state index contributed by atoms with van der Waals surface area (Å²) < 4.78 is 10.1. The van der Waals surface area contributed by atoms with Crippen molar-refractivity contribution >= 4 is 11.8 Å². The number of ether oxygens (including phenoxy) is 1. The van der Waals surface area contributed by atoms with Crippen molar-refractivity contribution in [1.82, 2.24) is 20.4 Å². The molecule has 2 amide bonds. The fraction of sp³-hybridized carbons (Fsp3) is 0.444. The van der Waals surface area contributed by atoms with E-state index in [1.165, 1.54) is 0 Å². The summed E-state index contributed by atoms with van der Waals surface area (Å²) in [6, 6.07) is 7.10. The molecule has 26 heavy (non-hydrogen) atoms. The Morgan fingerprint density at radius 2 is 2.12 bits per heavy atom. The second kappa shape index (κ2) is 7.99. The van der Waals surface area contributed by atoms with Gasteiger partial charge >= 0.3 is 0 Å². The third-order valence-electron chi connectivity index (χ3n) is 4.45. The summed E-state index contributed by atoms with van der Waals surface area (Å²) in [5, 5.41) is 6.50. The van der Waals surface area contributed by atoms with Crippen molar-refractivity contribution in [2.45, 2.75) is 26.3 Å². The molecule has 1 fully saturated rings. The Morgan fingerprint density at radius 3 is 2.77 bits per heavy atom. The normalized spacial score (nSPS) is 14.9. The topological polar surface area (TPSA) is 97.6 Å². The molecule has 1 aliphatic heterocycles. The van der Waals surface area contributed by atoms with Crippen LogP contribution in [0.1, 0.15) is 34.9 Å². The van der Waals surface area contributed by atoms with Gasteiger partial charge in [0.2, 0.25) is 11.8 Å². The van der Waals surface area contributed by atoms with E-state index >= 15 is 0 Å².